The van der Waals surface area contributed by atoms with Crippen LogP contribution in [0.25, 0.3) is 0 Å². The molecule has 0 atom stereocenters. The van der Waals surface area contributed by atoms with Gasteiger partial charge < -0.3 is 10.2 Å². The Morgan fingerprint density at radius 1 is 1.41 bits per heavy atom. The lowest BCUT2D eigenvalue weighted by Crippen LogP contribution is -2.27. The number of nitrogens with zero attached hydrogens (tertiary/aromatic N) is 2. The molecule has 17 heavy (non-hydrogen) atoms. The zero-order valence-corrected chi connectivity index (χ0v) is 10.9. The highest BCUT2D eigenvalue weighted by Crippen LogP contribution is 2.07. The second kappa shape index (κ2) is 6.89. The number of anilines is 1. The van der Waals surface area contributed by atoms with Crippen LogP contribution >= 0.6 is 0 Å². The average molecular weight is 235 g/mol. The number of unbranched alkanes of at least 4 members (excludes halogenated alkanes) is 2. The number of hydrogen-bond donors (Lipinski definition) is 1. The number of hydrogen-bond acceptors (Lipinski definition) is 3. The number of nitrogens with one attached hydrogen (secondary N) is 1. The highest BCUT2D eigenvalue weighted by molar-refractivity contribution is 5.93. The monoisotopic (exact) mass is 235 g/mol. The van der Waals surface area contributed by atoms with Gasteiger partial charge in [0.05, 0.1) is 5.56 Å². The third-order valence-corrected chi connectivity index (χ3v) is 2.71. The van der Waals surface area contributed by atoms with E-state index in [9.17, 15) is 4.79 Å². The van der Waals surface area contributed by atoms with Gasteiger partial charge in [0.25, 0.3) is 5.91 Å². The molecule has 1 aromatic heterocycles. The van der Waals surface area contributed by atoms with Gasteiger partial charge in [0.15, 0.2) is 0 Å². The van der Waals surface area contributed by atoms with E-state index in [4.69, 9.17) is 0 Å². The predicted octanol–water partition coefficient (Wildman–Crippen LogP) is 2.39. The first-order chi connectivity index (χ1) is 8.19. The van der Waals surface area contributed by atoms with Crippen LogP contribution in [0.1, 0.15) is 36.5 Å². The van der Waals surface area contributed by atoms with Crippen LogP contribution in [-0.2, 0) is 0 Å². The van der Waals surface area contributed by atoms with E-state index in [2.05, 4.69) is 17.2 Å². The molecule has 4 heteroatoms. The Morgan fingerprint density at radius 3 is 2.71 bits per heavy atom. The minimum atomic E-state index is 0.0382. The molecule has 1 N–H and O–H groups in total. The summed E-state index contributed by atoms with van der Waals surface area (Å²) in [5, 5.41) is 2.93. The van der Waals surface area contributed by atoms with Crippen LogP contribution < -0.4 is 5.32 Å². The van der Waals surface area contributed by atoms with E-state index in [0.717, 1.165) is 25.2 Å². The summed E-state index contributed by atoms with van der Waals surface area (Å²) >= 11 is 0. The summed E-state index contributed by atoms with van der Waals surface area (Å²) in [4.78, 5) is 17.9. The average Bonchev–Trinajstić information content (AvgIpc) is 2.38. The van der Waals surface area contributed by atoms with Crippen molar-refractivity contribution in [2.45, 2.75) is 26.2 Å². The van der Waals surface area contributed by atoms with Crippen LogP contribution in [-0.4, -0.2) is 36.4 Å². The zero-order chi connectivity index (χ0) is 12.7. The molecule has 0 saturated carbocycles. The van der Waals surface area contributed by atoms with E-state index >= 15 is 0 Å². The number of aromatic nitrogens is 1. The zero-order valence-electron chi connectivity index (χ0n) is 10.9. The van der Waals surface area contributed by atoms with Crippen molar-refractivity contribution in [3.05, 3.63) is 23.9 Å². The Morgan fingerprint density at radius 2 is 2.18 bits per heavy atom. The van der Waals surface area contributed by atoms with E-state index in [1.807, 2.05) is 13.1 Å². The largest absolute Gasteiger partial charge is 0.373 e. The second-order valence-corrected chi connectivity index (χ2v) is 4.12. The molecule has 4 nitrogen and oxygen atoms in total. The number of rotatable bonds is 6. The van der Waals surface area contributed by atoms with E-state index in [1.165, 1.54) is 6.42 Å². The molecule has 0 bridgehead atoms. The van der Waals surface area contributed by atoms with E-state index in [-0.39, 0.29) is 5.91 Å². The van der Waals surface area contributed by atoms with Crippen molar-refractivity contribution in [3.8, 4) is 0 Å². The predicted molar refractivity (Wildman–Crippen MR) is 70.3 cm³/mol. The molecule has 0 saturated heterocycles. The van der Waals surface area contributed by atoms with Gasteiger partial charge in [0.1, 0.15) is 5.82 Å². The smallest absolute Gasteiger partial charge is 0.255 e. The number of carbonyl (C=O) groups is 1. The SMILES string of the molecule is CCCCCN(C)C(=O)c1ccc(NC)nc1. The van der Waals surface area contributed by atoms with E-state index < -0.39 is 0 Å². The van der Waals surface area contributed by atoms with Gasteiger partial charge in [-0.25, -0.2) is 4.98 Å². The van der Waals surface area contributed by atoms with Gasteiger partial charge in [-0.2, -0.15) is 0 Å². The molecular weight excluding hydrogens is 214 g/mol. The minimum absolute atomic E-state index is 0.0382. The van der Waals surface area contributed by atoms with Crippen LogP contribution in [0.4, 0.5) is 5.82 Å². The number of pyridine rings is 1. The third-order valence-electron chi connectivity index (χ3n) is 2.71. The normalized spacial score (nSPS) is 10.1. The van der Waals surface area contributed by atoms with Crippen LogP contribution in [0.15, 0.2) is 18.3 Å². The summed E-state index contributed by atoms with van der Waals surface area (Å²) in [6.07, 6.45) is 5.00. The lowest BCUT2D eigenvalue weighted by molar-refractivity contribution is 0.0792. The Bertz CT molecular complexity index is 348. The van der Waals surface area contributed by atoms with Crippen molar-refractivity contribution in [2.24, 2.45) is 0 Å². The van der Waals surface area contributed by atoms with Crippen LogP contribution in [0.5, 0.6) is 0 Å². The highest BCUT2D eigenvalue weighted by atomic mass is 16.2. The fraction of sp³-hybridized carbons (Fsp3) is 0.538. The highest BCUT2D eigenvalue weighted by Gasteiger charge is 2.11. The summed E-state index contributed by atoms with van der Waals surface area (Å²) < 4.78 is 0. The van der Waals surface area contributed by atoms with Gasteiger partial charge in [-0.05, 0) is 18.6 Å². The Labute approximate surface area is 103 Å². The molecule has 0 unspecified atom stereocenters. The standard InChI is InChI=1S/C13H21N3O/c1-4-5-6-9-16(3)13(17)11-7-8-12(14-2)15-10-11/h7-8,10H,4-6,9H2,1-3H3,(H,14,15). The molecule has 1 amide bonds. The quantitative estimate of drug-likeness (QED) is 0.770. The number of amides is 1. The van der Waals surface area contributed by atoms with Crippen molar-refractivity contribution in [2.75, 3.05) is 26.0 Å². The molecule has 0 aliphatic heterocycles. The Hall–Kier alpha value is -1.58. The number of carbonyl (C=O) groups excluding carboxylic acids is 1. The minimum Gasteiger partial charge on any atom is -0.373 e. The van der Waals surface area contributed by atoms with Crippen molar-refractivity contribution < 1.29 is 4.79 Å². The van der Waals surface area contributed by atoms with Gasteiger partial charge in [-0.3, -0.25) is 4.79 Å². The van der Waals surface area contributed by atoms with Crippen molar-refractivity contribution in [1.82, 2.24) is 9.88 Å². The summed E-state index contributed by atoms with van der Waals surface area (Å²) in [5.74, 6) is 0.812. The fourth-order valence-electron chi connectivity index (χ4n) is 1.59. The molecule has 0 aliphatic rings. The Balaban J connectivity index is 2.55. The van der Waals surface area contributed by atoms with Crippen LogP contribution in [0.2, 0.25) is 0 Å². The summed E-state index contributed by atoms with van der Waals surface area (Å²) in [7, 11) is 3.64. The lowest BCUT2D eigenvalue weighted by Gasteiger charge is -2.16. The molecule has 1 rings (SSSR count). The first kappa shape index (κ1) is 13.5. The molecule has 0 fully saturated rings. The molecule has 94 valence electrons. The fourth-order valence-corrected chi connectivity index (χ4v) is 1.59. The maximum atomic E-state index is 12.0. The van der Waals surface area contributed by atoms with Crippen molar-refractivity contribution >= 4 is 11.7 Å². The summed E-state index contributed by atoms with van der Waals surface area (Å²) in [6, 6.07) is 3.62. The molecule has 1 heterocycles. The topological polar surface area (TPSA) is 45.2 Å². The first-order valence-electron chi connectivity index (χ1n) is 6.08. The maximum absolute atomic E-state index is 12.0. The van der Waals surface area contributed by atoms with Crippen molar-refractivity contribution in [3.63, 3.8) is 0 Å². The van der Waals surface area contributed by atoms with Crippen LogP contribution in [0, 0.1) is 0 Å². The molecule has 1 aromatic rings. The first-order valence-corrected chi connectivity index (χ1v) is 6.08. The molecule has 0 spiro atoms. The third kappa shape index (κ3) is 4.06. The van der Waals surface area contributed by atoms with E-state index in [1.54, 1.807) is 24.2 Å². The van der Waals surface area contributed by atoms with Gasteiger partial charge in [0.2, 0.25) is 0 Å². The molecule has 0 aromatic carbocycles. The van der Waals surface area contributed by atoms with Gasteiger partial charge >= 0.3 is 0 Å². The van der Waals surface area contributed by atoms with E-state index in [0.29, 0.717) is 5.56 Å². The van der Waals surface area contributed by atoms with Crippen LogP contribution in [0.3, 0.4) is 0 Å². The molecule has 0 aliphatic carbocycles. The maximum Gasteiger partial charge on any atom is 0.255 e. The summed E-state index contributed by atoms with van der Waals surface area (Å²) in [5.41, 5.74) is 0.642. The second-order valence-electron chi connectivity index (χ2n) is 4.12. The van der Waals surface area contributed by atoms with Crippen molar-refractivity contribution in [1.29, 1.82) is 0 Å². The van der Waals surface area contributed by atoms with Gasteiger partial charge in [-0.1, -0.05) is 19.8 Å². The molecule has 0 radical (unpaired) electrons. The Kier molecular flexibility index (Phi) is 5.46. The summed E-state index contributed by atoms with van der Waals surface area (Å²) in [6.45, 7) is 2.96. The van der Waals surface area contributed by atoms with Gasteiger partial charge in [0, 0.05) is 26.8 Å². The lowest BCUT2D eigenvalue weighted by atomic mass is 10.2. The van der Waals surface area contributed by atoms with Gasteiger partial charge in [-0.15, -0.1) is 0 Å². The molecular formula is C13H21N3O.